The van der Waals surface area contributed by atoms with Gasteiger partial charge in [-0.1, -0.05) is 24.3 Å². The molecule has 46 heavy (non-hydrogen) atoms. The summed E-state index contributed by atoms with van der Waals surface area (Å²) in [6.45, 7) is 5.92. The minimum atomic E-state index is -0.673. The first kappa shape index (κ1) is 31.9. The van der Waals surface area contributed by atoms with Gasteiger partial charge in [0.05, 0.1) is 42.9 Å². The minimum Gasteiger partial charge on any atom is -0.464 e. The molecule has 0 radical (unpaired) electrons. The van der Waals surface area contributed by atoms with Crippen molar-refractivity contribution in [3.05, 3.63) is 96.0 Å². The summed E-state index contributed by atoms with van der Waals surface area (Å²) in [6, 6.07) is 21.8. The lowest BCUT2D eigenvalue weighted by Crippen LogP contribution is -2.38. The number of aliphatic hydroxyl groups excluding tert-OH is 1. The van der Waals surface area contributed by atoms with E-state index in [4.69, 9.17) is 33.5 Å². The number of nitrogens with one attached hydrogen (secondary N) is 1. The van der Waals surface area contributed by atoms with Crippen molar-refractivity contribution in [1.82, 2.24) is 4.98 Å². The zero-order valence-corrected chi connectivity index (χ0v) is 26.8. The first-order valence-corrected chi connectivity index (χ1v) is 16.4. The second-order valence-corrected chi connectivity index (χ2v) is 12.1. The number of aryl methyl sites for hydroxylation is 1. The maximum Gasteiger partial charge on any atom is 0.290 e. The van der Waals surface area contributed by atoms with Crippen LogP contribution >= 0.6 is 11.3 Å². The molecule has 0 saturated heterocycles. The monoisotopic (exact) mass is 642 g/mol. The van der Waals surface area contributed by atoms with E-state index in [-0.39, 0.29) is 36.7 Å². The second kappa shape index (κ2) is 15.0. The average Bonchev–Trinajstić information content (AvgIpc) is 3.69. The molecule has 9 nitrogen and oxygen atoms in total. The summed E-state index contributed by atoms with van der Waals surface area (Å²) >= 11 is 1.65. The molecule has 0 aliphatic carbocycles. The van der Waals surface area contributed by atoms with Crippen molar-refractivity contribution in [2.45, 2.75) is 32.5 Å². The van der Waals surface area contributed by atoms with Gasteiger partial charge in [-0.3, -0.25) is 4.79 Å². The van der Waals surface area contributed by atoms with Gasteiger partial charge in [-0.2, -0.15) is 0 Å². The van der Waals surface area contributed by atoms with Gasteiger partial charge in [0.1, 0.15) is 10.6 Å². The van der Waals surface area contributed by atoms with Crippen LogP contribution in [0.1, 0.15) is 30.4 Å². The van der Waals surface area contributed by atoms with Crippen LogP contribution in [0.5, 0.6) is 0 Å². The number of carbonyl (C=O) groups is 1. The number of fused-ring (bicyclic) bond motifs is 2. The van der Waals surface area contributed by atoms with E-state index in [2.05, 4.69) is 24.4 Å². The molecule has 6 rings (SSSR count). The van der Waals surface area contributed by atoms with Crippen LogP contribution in [0.15, 0.2) is 89.2 Å². The fourth-order valence-corrected chi connectivity index (χ4v) is 6.77. The maximum absolute atomic E-state index is 13.6. The molecule has 10 heteroatoms. The molecule has 3 aromatic carbocycles. The summed E-state index contributed by atoms with van der Waals surface area (Å²) in [5, 5.41) is 13.8. The molecule has 2 aromatic heterocycles. The Balaban J connectivity index is 1.21. The van der Waals surface area contributed by atoms with Gasteiger partial charge in [0.2, 0.25) is 6.29 Å². The topological polar surface area (TPSA) is 112 Å². The molecule has 0 spiro atoms. The number of anilines is 1. The van der Waals surface area contributed by atoms with E-state index >= 15 is 0 Å². The van der Waals surface area contributed by atoms with Crippen LogP contribution < -0.4 is 5.32 Å². The van der Waals surface area contributed by atoms with Crippen molar-refractivity contribution in [2.75, 3.05) is 45.0 Å². The third-order valence-electron chi connectivity index (χ3n) is 7.95. The smallest absolute Gasteiger partial charge is 0.290 e. The summed E-state index contributed by atoms with van der Waals surface area (Å²) < 4.78 is 30.5. The molecule has 0 bridgehead atoms. The van der Waals surface area contributed by atoms with Gasteiger partial charge in [0.15, 0.2) is 5.76 Å². The molecule has 1 aliphatic heterocycles. The summed E-state index contributed by atoms with van der Waals surface area (Å²) in [4.78, 5) is 18.4. The van der Waals surface area contributed by atoms with Gasteiger partial charge < -0.3 is 33.8 Å². The van der Waals surface area contributed by atoms with Crippen LogP contribution in [-0.2, 0) is 23.7 Å². The third kappa shape index (κ3) is 7.32. The minimum absolute atomic E-state index is 0.0206. The molecule has 0 saturated carbocycles. The number of benzene rings is 3. The Hall–Kier alpha value is -4.06. The number of rotatable bonds is 14. The SMILES string of the molecule is CCO[C@@H]1OC(C(=O)Nc2ccc(-c3nc4ccc(C)cc4s3)cc2)=C[C@H](c2coc3ccccc23)[C@H]1CCOCCOCCO. The highest BCUT2D eigenvalue weighted by molar-refractivity contribution is 7.21. The number of ether oxygens (including phenoxy) is 4. The van der Waals surface area contributed by atoms with Gasteiger partial charge in [-0.15, -0.1) is 11.3 Å². The highest BCUT2D eigenvalue weighted by Crippen LogP contribution is 2.42. The van der Waals surface area contributed by atoms with Gasteiger partial charge in [0.25, 0.3) is 5.91 Å². The van der Waals surface area contributed by atoms with Crippen molar-refractivity contribution >= 4 is 44.1 Å². The van der Waals surface area contributed by atoms with E-state index in [0.717, 1.165) is 37.3 Å². The van der Waals surface area contributed by atoms with E-state index in [9.17, 15) is 4.79 Å². The lowest BCUT2D eigenvalue weighted by Gasteiger charge is -2.36. The average molecular weight is 643 g/mol. The third-order valence-corrected chi connectivity index (χ3v) is 9.01. The number of furan rings is 1. The van der Waals surface area contributed by atoms with Crippen molar-refractivity contribution in [1.29, 1.82) is 0 Å². The Morgan fingerprint density at radius 1 is 1.02 bits per heavy atom. The second-order valence-electron chi connectivity index (χ2n) is 11.1. The Morgan fingerprint density at radius 2 is 1.83 bits per heavy atom. The molecule has 3 atom stereocenters. The van der Waals surface area contributed by atoms with Crippen molar-refractivity contribution in [3.8, 4) is 10.6 Å². The molecule has 1 aliphatic rings. The number of hydrogen-bond acceptors (Lipinski definition) is 9. The molecule has 1 amide bonds. The van der Waals surface area contributed by atoms with Gasteiger partial charge in [0, 0.05) is 47.3 Å². The van der Waals surface area contributed by atoms with Gasteiger partial charge in [-0.25, -0.2) is 4.98 Å². The van der Waals surface area contributed by atoms with E-state index in [1.165, 1.54) is 5.56 Å². The van der Waals surface area contributed by atoms with Crippen LogP contribution in [-0.4, -0.2) is 61.9 Å². The summed E-state index contributed by atoms with van der Waals surface area (Å²) in [5.41, 5.74) is 5.54. The number of aliphatic hydroxyl groups is 1. The maximum atomic E-state index is 13.6. The van der Waals surface area contributed by atoms with Crippen LogP contribution in [0.2, 0.25) is 0 Å². The van der Waals surface area contributed by atoms with Crippen molar-refractivity contribution in [2.24, 2.45) is 5.92 Å². The number of thiazole rings is 1. The highest BCUT2D eigenvalue weighted by atomic mass is 32.1. The molecule has 0 fully saturated rings. The number of amides is 1. The molecular weight excluding hydrogens is 604 g/mol. The van der Waals surface area contributed by atoms with Gasteiger partial charge in [-0.05, 0) is 74.4 Å². The summed E-state index contributed by atoms with van der Waals surface area (Å²) in [7, 11) is 0. The summed E-state index contributed by atoms with van der Waals surface area (Å²) in [5.74, 6) is -0.544. The summed E-state index contributed by atoms with van der Waals surface area (Å²) in [6.07, 6.45) is 3.57. The van der Waals surface area contributed by atoms with E-state index in [1.54, 1.807) is 17.6 Å². The fourth-order valence-electron chi connectivity index (χ4n) is 5.70. The Morgan fingerprint density at radius 3 is 2.63 bits per heavy atom. The first-order valence-electron chi connectivity index (χ1n) is 15.6. The zero-order valence-electron chi connectivity index (χ0n) is 25.9. The first-order chi connectivity index (χ1) is 22.5. The van der Waals surface area contributed by atoms with E-state index < -0.39 is 6.29 Å². The number of para-hydroxylation sites is 1. The number of nitrogens with zero attached hydrogens (tertiary/aromatic N) is 1. The lowest BCUT2D eigenvalue weighted by atomic mass is 9.81. The quantitative estimate of drug-likeness (QED) is 0.124. The van der Waals surface area contributed by atoms with Crippen molar-refractivity contribution in [3.63, 3.8) is 0 Å². The van der Waals surface area contributed by atoms with Crippen LogP contribution in [0.25, 0.3) is 31.8 Å². The molecule has 0 unspecified atom stereocenters. The molecule has 2 N–H and O–H groups in total. The Bertz CT molecular complexity index is 1800. The standard InChI is InChI=1S/C36H38N2O7S/c1-3-43-36-27(14-16-41-18-19-42-17-15-39)28(29-22-44-31-7-5-4-6-26(29)31)21-32(45-36)34(40)37-25-11-9-24(10-12-25)35-38-30-13-8-23(2)20-33(30)46-35/h4-13,20-22,27-28,36,39H,3,14-19H2,1-2H3,(H,37,40)/t27-,28+,36-/m1/s1. The van der Waals surface area contributed by atoms with Crippen LogP contribution in [0.3, 0.4) is 0 Å². The Labute approximate surface area is 271 Å². The normalized spacial score (nSPS) is 18.1. The number of allylic oxidation sites excluding steroid dienone is 1. The molecule has 5 aromatic rings. The number of carbonyl (C=O) groups excluding carboxylic acids is 1. The number of aromatic nitrogens is 1. The van der Waals surface area contributed by atoms with E-state index in [0.29, 0.717) is 38.5 Å². The van der Waals surface area contributed by atoms with E-state index in [1.807, 2.05) is 67.6 Å². The van der Waals surface area contributed by atoms with Crippen LogP contribution in [0, 0.1) is 12.8 Å². The number of hydrogen-bond donors (Lipinski definition) is 2. The molecule has 240 valence electrons. The molecular formula is C36H38N2O7S. The Kier molecular flexibility index (Phi) is 10.4. The lowest BCUT2D eigenvalue weighted by molar-refractivity contribution is -0.166. The fraction of sp³-hybridized carbons (Fsp3) is 0.333. The zero-order chi connectivity index (χ0) is 31.9. The predicted molar refractivity (Wildman–Crippen MR) is 179 cm³/mol. The van der Waals surface area contributed by atoms with Gasteiger partial charge >= 0.3 is 0 Å². The van der Waals surface area contributed by atoms with Crippen LogP contribution in [0.4, 0.5) is 5.69 Å². The molecule has 3 heterocycles. The largest absolute Gasteiger partial charge is 0.464 e. The predicted octanol–water partition coefficient (Wildman–Crippen LogP) is 7.05. The van der Waals surface area contributed by atoms with Crippen molar-refractivity contribution < 1.29 is 33.3 Å². The highest BCUT2D eigenvalue weighted by Gasteiger charge is 2.39.